The van der Waals surface area contributed by atoms with E-state index in [0.717, 1.165) is 5.56 Å². The second kappa shape index (κ2) is 6.21. The highest BCUT2D eigenvalue weighted by Crippen LogP contribution is 2.37. The van der Waals surface area contributed by atoms with Crippen LogP contribution in [0.5, 0.6) is 5.75 Å². The number of hydrogen-bond donors (Lipinski definition) is 0. The molecule has 7 nitrogen and oxygen atoms in total. The Morgan fingerprint density at radius 2 is 1.92 bits per heavy atom. The van der Waals surface area contributed by atoms with Crippen molar-refractivity contribution >= 4 is 15.5 Å². The standard InChI is InChI=1S/C16H15NO6S/c1-11-5-7-13(8-6-11)24(20,21)15-4-2-3-14(17(18)19)16(15)23-10-12-9-22-12/h2-8,12H,9-10H2,1H3. The van der Waals surface area contributed by atoms with Gasteiger partial charge in [0.2, 0.25) is 15.6 Å². The maximum Gasteiger partial charge on any atom is 0.312 e. The first kappa shape index (κ1) is 16.4. The summed E-state index contributed by atoms with van der Waals surface area (Å²) in [5.41, 5.74) is 0.527. The highest BCUT2D eigenvalue weighted by atomic mass is 32.2. The SMILES string of the molecule is Cc1ccc(S(=O)(=O)c2cccc([N+](=O)[O-])c2OCC2CO2)cc1. The minimum Gasteiger partial charge on any atom is -0.483 e. The first-order valence-electron chi connectivity index (χ1n) is 7.23. The third-order valence-electron chi connectivity index (χ3n) is 3.59. The minimum absolute atomic E-state index is 0.0566. The van der Waals surface area contributed by atoms with Crippen LogP contribution in [-0.4, -0.2) is 32.7 Å². The van der Waals surface area contributed by atoms with Crippen molar-refractivity contribution in [2.45, 2.75) is 22.8 Å². The molecule has 1 fully saturated rings. The fraction of sp³-hybridized carbons (Fsp3) is 0.250. The van der Waals surface area contributed by atoms with Gasteiger partial charge in [-0.05, 0) is 25.1 Å². The molecule has 24 heavy (non-hydrogen) atoms. The minimum atomic E-state index is -3.94. The fourth-order valence-corrected chi connectivity index (χ4v) is 3.60. The second-order valence-electron chi connectivity index (χ2n) is 5.44. The van der Waals surface area contributed by atoms with E-state index in [1.54, 1.807) is 12.1 Å². The molecule has 0 radical (unpaired) electrons. The Labute approximate surface area is 138 Å². The topological polar surface area (TPSA) is 99.0 Å². The fourth-order valence-electron chi connectivity index (χ4n) is 2.19. The zero-order chi connectivity index (χ0) is 17.3. The molecule has 3 rings (SSSR count). The molecule has 1 atom stereocenters. The molecule has 2 aromatic rings. The molecule has 0 aliphatic carbocycles. The predicted octanol–water partition coefficient (Wildman–Crippen LogP) is 2.51. The Bertz CT molecular complexity index is 872. The van der Waals surface area contributed by atoms with Crippen molar-refractivity contribution in [1.82, 2.24) is 0 Å². The van der Waals surface area contributed by atoms with Crippen LogP contribution in [-0.2, 0) is 14.6 Å². The van der Waals surface area contributed by atoms with Crippen LogP contribution in [0, 0.1) is 17.0 Å². The predicted molar refractivity (Wildman–Crippen MR) is 85.0 cm³/mol. The number of nitro benzene ring substituents is 1. The maximum absolute atomic E-state index is 12.9. The highest BCUT2D eigenvalue weighted by Gasteiger charge is 2.31. The first-order valence-corrected chi connectivity index (χ1v) is 8.71. The molecule has 1 unspecified atom stereocenters. The molecule has 1 saturated heterocycles. The van der Waals surface area contributed by atoms with Crippen molar-refractivity contribution in [1.29, 1.82) is 0 Å². The lowest BCUT2D eigenvalue weighted by Crippen LogP contribution is -2.11. The number of ether oxygens (including phenoxy) is 2. The normalized spacial score (nSPS) is 16.6. The van der Waals surface area contributed by atoms with Crippen LogP contribution in [0.15, 0.2) is 52.3 Å². The van der Waals surface area contributed by atoms with E-state index < -0.39 is 14.8 Å². The van der Waals surface area contributed by atoms with Crippen LogP contribution in [0.3, 0.4) is 0 Å². The van der Waals surface area contributed by atoms with Crippen LogP contribution >= 0.6 is 0 Å². The Balaban J connectivity index is 2.09. The number of para-hydroxylation sites is 1. The van der Waals surface area contributed by atoms with Gasteiger partial charge in [-0.25, -0.2) is 8.42 Å². The van der Waals surface area contributed by atoms with Gasteiger partial charge < -0.3 is 9.47 Å². The summed E-state index contributed by atoms with van der Waals surface area (Å²) in [6.07, 6.45) is -0.153. The molecule has 1 heterocycles. The van der Waals surface area contributed by atoms with Gasteiger partial charge in [0.05, 0.1) is 16.4 Å². The van der Waals surface area contributed by atoms with E-state index >= 15 is 0 Å². The van der Waals surface area contributed by atoms with Crippen molar-refractivity contribution in [2.75, 3.05) is 13.2 Å². The van der Waals surface area contributed by atoms with Gasteiger partial charge >= 0.3 is 5.69 Å². The van der Waals surface area contributed by atoms with Gasteiger partial charge in [-0.15, -0.1) is 0 Å². The van der Waals surface area contributed by atoms with Crippen molar-refractivity contribution in [2.24, 2.45) is 0 Å². The summed E-state index contributed by atoms with van der Waals surface area (Å²) in [4.78, 5) is 10.4. The molecule has 0 bridgehead atoms. The molecule has 126 valence electrons. The van der Waals surface area contributed by atoms with E-state index in [1.165, 1.54) is 30.3 Å². The summed E-state index contributed by atoms with van der Waals surface area (Å²) in [7, 11) is -3.94. The summed E-state index contributed by atoms with van der Waals surface area (Å²) in [6, 6.07) is 10.1. The second-order valence-corrected chi connectivity index (χ2v) is 7.36. The van der Waals surface area contributed by atoms with Crippen molar-refractivity contribution in [3.63, 3.8) is 0 Å². The molecule has 0 spiro atoms. The van der Waals surface area contributed by atoms with Gasteiger partial charge in [-0.3, -0.25) is 10.1 Å². The largest absolute Gasteiger partial charge is 0.483 e. The molecule has 0 amide bonds. The van der Waals surface area contributed by atoms with Gasteiger partial charge in [0.25, 0.3) is 0 Å². The van der Waals surface area contributed by atoms with Crippen LogP contribution in [0.25, 0.3) is 0 Å². The molecular weight excluding hydrogens is 334 g/mol. The smallest absolute Gasteiger partial charge is 0.312 e. The lowest BCUT2D eigenvalue weighted by atomic mass is 10.2. The zero-order valence-corrected chi connectivity index (χ0v) is 13.7. The average molecular weight is 349 g/mol. The lowest BCUT2D eigenvalue weighted by molar-refractivity contribution is -0.386. The Hall–Kier alpha value is -2.45. The monoisotopic (exact) mass is 349 g/mol. The Morgan fingerprint density at radius 3 is 2.50 bits per heavy atom. The zero-order valence-electron chi connectivity index (χ0n) is 12.8. The number of benzene rings is 2. The summed E-state index contributed by atoms with van der Waals surface area (Å²) in [6.45, 7) is 2.41. The Kier molecular flexibility index (Phi) is 4.25. The van der Waals surface area contributed by atoms with E-state index in [0.29, 0.717) is 6.61 Å². The van der Waals surface area contributed by atoms with Gasteiger partial charge in [0.1, 0.15) is 17.6 Å². The molecule has 2 aromatic carbocycles. The summed E-state index contributed by atoms with van der Waals surface area (Å²) in [5.74, 6) is -0.251. The number of sulfone groups is 1. The van der Waals surface area contributed by atoms with Gasteiger partial charge in [-0.1, -0.05) is 23.8 Å². The number of epoxide rings is 1. The number of nitro groups is 1. The number of rotatable bonds is 6. The van der Waals surface area contributed by atoms with Crippen LogP contribution < -0.4 is 4.74 Å². The number of hydrogen-bond acceptors (Lipinski definition) is 6. The van der Waals surface area contributed by atoms with Crippen LogP contribution in [0.2, 0.25) is 0 Å². The van der Waals surface area contributed by atoms with Gasteiger partial charge in [-0.2, -0.15) is 0 Å². The average Bonchev–Trinajstić information content (AvgIpc) is 3.37. The third kappa shape index (κ3) is 3.24. The maximum atomic E-state index is 12.9. The van der Waals surface area contributed by atoms with Crippen LogP contribution in [0.1, 0.15) is 5.56 Å². The van der Waals surface area contributed by atoms with Crippen molar-refractivity contribution in [3.05, 3.63) is 58.1 Å². The molecule has 0 aromatic heterocycles. The van der Waals surface area contributed by atoms with E-state index in [4.69, 9.17) is 9.47 Å². The Morgan fingerprint density at radius 1 is 1.25 bits per heavy atom. The van der Waals surface area contributed by atoms with Crippen molar-refractivity contribution < 1.29 is 22.8 Å². The quantitative estimate of drug-likeness (QED) is 0.451. The van der Waals surface area contributed by atoms with E-state index in [2.05, 4.69) is 0 Å². The number of nitrogens with zero attached hydrogens (tertiary/aromatic N) is 1. The highest BCUT2D eigenvalue weighted by molar-refractivity contribution is 7.91. The molecule has 1 aliphatic heterocycles. The van der Waals surface area contributed by atoms with E-state index in [-0.39, 0.29) is 33.9 Å². The molecule has 0 saturated carbocycles. The van der Waals surface area contributed by atoms with E-state index in [1.807, 2.05) is 6.92 Å². The molecule has 8 heteroatoms. The molecule has 0 N–H and O–H groups in total. The van der Waals surface area contributed by atoms with Gasteiger partial charge in [0, 0.05) is 6.07 Å². The number of aryl methyl sites for hydroxylation is 1. The molecular formula is C16H15NO6S. The summed E-state index contributed by atoms with van der Waals surface area (Å²) < 4.78 is 36.2. The summed E-state index contributed by atoms with van der Waals surface area (Å²) in [5, 5.41) is 11.2. The molecule has 1 aliphatic rings. The third-order valence-corrected chi connectivity index (χ3v) is 5.38. The van der Waals surface area contributed by atoms with Gasteiger partial charge in [0.15, 0.2) is 0 Å². The van der Waals surface area contributed by atoms with Crippen molar-refractivity contribution in [3.8, 4) is 5.75 Å². The lowest BCUT2D eigenvalue weighted by Gasteiger charge is -2.12. The van der Waals surface area contributed by atoms with Crippen LogP contribution in [0.4, 0.5) is 5.69 Å². The first-order chi connectivity index (χ1) is 11.4. The van der Waals surface area contributed by atoms with E-state index in [9.17, 15) is 18.5 Å². The summed E-state index contributed by atoms with van der Waals surface area (Å²) >= 11 is 0.